The minimum Gasteiger partial charge on any atom is -0.385 e. The molecule has 0 aliphatic carbocycles. The van der Waals surface area contributed by atoms with Crippen molar-refractivity contribution < 1.29 is 17.9 Å². The van der Waals surface area contributed by atoms with E-state index in [2.05, 4.69) is 9.97 Å². The summed E-state index contributed by atoms with van der Waals surface area (Å²) in [5.41, 5.74) is 4.32. The molecule has 0 saturated carbocycles. The van der Waals surface area contributed by atoms with E-state index in [1.54, 1.807) is 0 Å². The summed E-state index contributed by atoms with van der Waals surface area (Å²) in [6.07, 6.45) is -4.10. The smallest absolute Gasteiger partial charge is 0.385 e. The van der Waals surface area contributed by atoms with Crippen LogP contribution in [-0.4, -0.2) is 41.6 Å². The van der Waals surface area contributed by atoms with Gasteiger partial charge in [-0.25, -0.2) is 9.97 Å². The van der Waals surface area contributed by atoms with E-state index in [9.17, 15) is 13.2 Å². The average Bonchev–Trinajstić information content (AvgIpc) is 2.38. The van der Waals surface area contributed by atoms with Crippen LogP contribution in [0.5, 0.6) is 0 Å². The van der Waals surface area contributed by atoms with Crippen molar-refractivity contribution >= 4 is 11.8 Å². The molecule has 1 unspecified atom stereocenters. The highest BCUT2D eigenvalue weighted by Crippen LogP contribution is 2.28. The molecule has 2 heterocycles. The van der Waals surface area contributed by atoms with Crippen molar-refractivity contribution in [3.63, 3.8) is 0 Å². The van der Waals surface area contributed by atoms with Gasteiger partial charge in [-0.1, -0.05) is 0 Å². The molecule has 104 valence electrons. The number of alkyl halides is 3. The Morgan fingerprint density at radius 2 is 2.26 bits per heavy atom. The van der Waals surface area contributed by atoms with Crippen LogP contribution in [0.15, 0.2) is 12.3 Å². The summed E-state index contributed by atoms with van der Waals surface area (Å²) in [5.74, 6) is -0.207. The summed E-state index contributed by atoms with van der Waals surface area (Å²) >= 11 is 0. The third kappa shape index (κ3) is 3.11. The van der Waals surface area contributed by atoms with Crippen molar-refractivity contribution in [3.05, 3.63) is 18.0 Å². The van der Waals surface area contributed by atoms with Gasteiger partial charge in [0, 0.05) is 12.7 Å². The maximum absolute atomic E-state index is 12.6. The zero-order valence-corrected chi connectivity index (χ0v) is 9.81. The van der Waals surface area contributed by atoms with Gasteiger partial charge in [-0.05, 0) is 6.07 Å². The fourth-order valence-corrected chi connectivity index (χ4v) is 1.68. The second kappa shape index (κ2) is 5.00. The molecule has 0 radical (unpaired) electrons. The van der Waals surface area contributed by atoms with Crippen molar-refractivity contribution in [2.45, 2.75) is 12.3 Å². The summed E-state index contributed by atoms with van der Waals surface area (Å²) in [4.78, 5) is 8.82. The second-order valence-corrected chi connectivity index (χ2v) is 4.00. The molecule has 9 heteroatoms. The Bertz CT molecular complexity index is 478. The number of ether oxygens (including phenoxy) is 1. The van der Waals surface area contributed by atoms with Crippen molar-refractivity contribution in [3.8, 4) is 0 Å². The number of nitrogens with one attached hydrogen (secondary N) is 1. The Kier molecular flexibility index (Phi) is 3.56. The van der Waals surface area contributed by atoms with Crippen molar-refractivity contribution in [2.75, 3.05) is 24.6 Å². The molecule has 1 aromatic heterocycles. The molecule has 6 nitrogen and oxygen atoms in total. The number of halogens is 3. The van der Waals surface area contributed by atoms with Gasteiger partial charge in [0.1, 0.15) is 17.6 Å². The zero-order valence-electron chi connectivity index (χ0n) is 9.81. The van der Waals surface area contributed by atoms with Gasteiger partial charge >= 0.3 is 6.18 Å². The lowest BCUT2D eigenvalue weighted by atomic mass is 10.2. The molecule has 0 bridgehead atoms. The van der Waals surface area contributed by atoms with Crippen LogP contribution in [0.25, 0.3) is 0 Å². The van der Waals surface area contributed by atoms with Gasteiger partial charge in [0.05, 0.1) is 13.2 Å². The first-order valence-electron chi connectivity index (χ1n) is 5.48. The molecule has 0 spiro atoms. The molecular formula is C10H12F3N5O. The van der Waals surface area contributed by atoms with Crippen LogP contribution in [0.1, 0.15) is 5.69 Å². The first kappa shape index (κ1) is 13.5. The van der Waals surface area contributed by atoms with Crippen LogP contribution in [0.4, 0.5) is 19.1 Å². The largest absolute Gasteiger partial charge is 0.433 e. The standard InChI is InChI=1S/C10H12F3N5O/c11-10(12,13)7-1-2-16-9(17-7)18-3-4-19-6(5-18)8(14)15/h1-2,6H,3-5H2,(H3,14,15). The van der Waals surface area contributed by atoms with Crippen LogP contribution in [-0.2, 0) is 10.9 Å². The number of hydrogen-bond acceptors (Lipinski definition) is 5. The van der Waals surface area contributed by atoms with Crippen molar-refractivity contribution in [1.82, 2.24) is 9.97 Å². The molecule has 0 amide bonds. The third-order valence-electron chi connectivity index (χ3n) is 2.63. The predicted octanol–water partition coefficient (Wildman–Crippen LogP) is 0.637. The highest BCUT2D eigenvalue weighted by atomic mass is 19.4. The maximum Gasteiger partial charge on any atom is 0.433 e. The first-order valence-corrected chi connectivity index (χ1v) is 5.48. The van der Waals surface area contributed by atoms with Gasteiger partial charge in [-0.3, -0.25) is 5.41 Å². The molecule has 2 rings (SSSR count). The van der Waals surface area contributed by atoms with Gasteiger partial charge < -0.3 is 15.4 Å². The monoisotopic (exact) mass is 275 g/mol. The number of amidine groups is 1. The van der Waals surface area contributed by atoms with Gasteiger partial charge in [0.25, 0.3) is 0 Å². The third-order valence-corrected chi connectivity index (χ3v) is 2.63. The molecule has 3 N–H and O–H groups in total. The molecule has 1 fully saturated rings. The lowest BCUT2D eigenvalue weighted by molar-refractivity contribution is -0.141. The lowest BCUT2D eigenvalue weighted by Gasteiger charge is -2.32. The van der Waals surface area contributed by atoms with E-state index < -0.39 is 18.0 Å². The van der Waals surface area contributed by atoms with E-state index in [4.69, 9.17) is 15.9 Å². The molecule has 1 aliphatic rings. The molecule has 1 aromatic rings. The topological polar surface area (TPSA) is 88.1 Å². The highest BCUT2D eigenvalue weighted by molar-refractivity contribution is 5.82. The predicted molar refractivity (Wildman–Crippen MR) is 60.9 cm³/mol. The minimum atomic E-state index is -4.51. The average molecular weight is 275 g/mol. The van der Waals surface area contributed by atoms with Crippen LogP contribution in [0.3, 0.4) is 0 Å². The summed E-state index contributed by atoms with van der Waals surface area (Å²) in [6.45, 7) is 0.769. The Morgan fingerprint density at radius 3 is 2.89 bits per heavy atom. The van der Waals surface area contributed by atoms with E-state index in [-0.39, 0.29) is 24.9 Å². The van der Waals surface area contributed by atoms with Crippen LogP contribution in [0.2, 0.25) is 0 Å². The fraction of sp³-hybridized carbons (Fsp3) is 0.500. The van der Waals surface area contributed by atoms with Gasteiger partial charge in [-0.2, -0.15) is 13.2 Å². The fourth-order valence-electron chi connectivity index (χ4n) is 1.68. The molecule has 1 aliphatic heterocycles. The van der Waals surface area contributed by atoms with Crippen LogP contribution < -0.4 is 10.6 Å². The molecule has 19 heavy (non-hydrogen) atoms. The highest BCUT2D eigenvalue weighted by Gasteiger charge is 2.34. The number of aromatic nitrogens is 2. The number of rotatable bonds is 2. The van der Waals surface area contributed by atoms with E-state index >= 15 is 0 Å². The summed E-state index contributed by atoms with van der Waals surface area (Å²) < 4.78 is 42.9. The molecule has 0 aromatic carbocycles. The quantitative estimate of drug-likeness (QED) is 0.610. The number of nitrogens with two attached hydrogens (primary N) is 1. The van der Waals surface area contributed by atoms with Crippen molar-refractivity contribution in [1.29, 1.82) is 5.41 Å². The number of anilines is 1. The second-order valence-electron chi connectivity index (χ2n) is 4.00. The van der Waals surface area contributed by atoms with E-state index in [0.717, 1.165) is 12.3 Å². The van der Waals surface area contributed by atoms with Gasteiger partial charge in [0.2, 0.25) is 5.95 Å². The van der Waals surface area contributed by atoms with Gasteiger partial charge in [-0.15, -0.1) is 0 Å². The number of morpholine rings is 1. The van der Waals surface area contributed by atoms with Gasteiger partial charge in [0.15, 0.2) is 0 Å². The normalized spacial score (nSPS) is 20.4. The summed E-state index contributed by atoms with van der Waals surface area (Å²) in [5, 5.41) is 7.29. The Morgan fingerprint density at radius 1 is 1.53 bits per heavy atom. The lowest BCUT2D eigenvalue weighted by Crippen LogP contribution is -2.48. The minimum absolute atomic E-state index is 0.0376. The van der Waals surface area contributed by atoms with E-state index in [0.29, 0.717) is 6.54 Å². The Labute approximate surface area is 106 Å². The Balaban J connectivity index is 2.20. The maximum atomic E-state index is 12.6. The SMILES string of the molecule is N=C(N)C1CN(c2nccc(C(F)(F)F)n2)CCO1. The molecule has 1 atom stereocenters. The molecular weight excluding hydrogens is 263 g/mol. The van der Waals surface area contributed by atoms with Crippen LogP contribution >= 0.6 is 0 Å². The number of nitrogens with zero attached hydrogens (tertiary/aromatic N) is 3. The number of hydrogen-bond donors (Lipinski definition) is 2. The zero-order chi connectivity index (χ0) is 14.0. The molecule has 1 saturated heterocycles. The van der Waals surface area contributed by atoms with Crippen molar-refractivity contribution in [2.24, 2.45) is 5.73 Å². The Hall–Kier alpha value is -1.90. The first-order chi connectivity index (χ1) is 8.88. The van der Waals surface area contributed by atoms with E-state index in [1.165, 1.54) is 4.90 Å². The summed E-state index contributed by atoms with van der Waals surface area (Å²) in [6, 6.07) is 0.812. The van der Waals surface area contributed by atoms with E-state index in [1.807, 2.05) is 0 Å². The van der Waals surface area contributed by atoms with Crippen LogP contribution in [0, 0.1) is 5.41 Å². The summed E-state index contributed by atoms with van der Waals surface area (Å²) in [7, 11) is 0.